The predicted molar refractivity (Wildman–Crippen MR) is 101 cm³/mol. The molecule has 1 amide bonds. The van der Waals surface area contributed by atoms with Gasteiger partial charge in [-0.3, -0.25) is 4.79 Å². The molecule has 0 radical (unpaired) electrons. The summed E-state index contributed by atoms with van der Waals surface area (Å²) >= 11 is 5.88. The number of hydrogen-bond donors (Lipinski definition) is 0. The molecule has 1 aromatic heterocycles. The van der Waals surface area contributed by atoms with Gasteiger partial charge in [-0.15, -0.1) is 6.58 Å². The van der Waals surface area contributed by atoms with Gasteiger partial charge in [-0.1, -0.05) is 65.3 Å². The summed E-state index contributed by atoms with van der Waals surface area (Å²) < 4.78 is 5.31. The lowest BCUT2D eigenvalue weighted by atomic mass is 10.1. The molecule has 0 aliphatic rings. The first-order valence-electron chi connectivity index (χ1n) is 8.17. The third kappa shape index (κ3) is 4.58. The van der Waals surface area contributed by atoms with Crippen molar-refractivity contribution < 1.29 is 9.32 Å². The van der Waals surface area contributed by atoms with E-state index in [1.165, 1.54) is 0 Å². The van der Waals surface area contributed by atoms with E-state index in [1.807, 2.05) is 42.5 Å². The highest BCUT2D eigenvalue weighted by Crippen LogP contribution is 2.16. The first-order valence-corrected chi connectivity index (χ1v) is 8.54. The Labute approximate surface area is 156 Å². The van der Waals surface area contributed by atoms with Crippen LogP contribution in [0.25, 0.3) is 11.4 Å². The second-order valence-electron chi connectivity index (χ2n) is 5.74. The summed E-state index contributed by atoms with van der Waals surface area (Å²) in [7, 11) is 0. The molecule has 5 nitrogen and oxygen atoms in total. The molecule has 0 aliphatic carbocycles. The number of aromatic nitrogens is 2. The molecule has 0 N–H and O–H groups in total. The quantitative estimate of drug-likeness (QED) is 0.589. The maximum atomic E-state index is 12.6. The minimum absolute atomic E-state index is 0.0494. The van der Waals surface area contributed by atoms with Gasteiger partial charge < -0.3 is 9.42 Å². The van der Waals surface area contributed by atoms with Gasteiger partial charge in [-0.2, -0.15) is 4.98 Å². The van der Waals surface area contributed by atoms with E-state index in [2.05, 4.69) is 16.7 Å². The number of nitrogens with zero attached hydrogens (tertiary/aromatic N) is 3. The van der Waals surface area contributed by atoms with Gasteiger partial charge in [0, 0.05) is 17.1 Å². The molecule has 132 valence electrons. The van der Waals surface area contributed by atoms with Crippen molar-refractivity contribution in [2.75, 3.05) is 6.54 Å². The molecular formula is C20H18ClN3O2. The number of hydrogen-bond acceptors (Lipinski definition) is 4. The topological polar surface area (TPSA) is 59.2 Å². The van der Waals surface area contributed by atoms with Crippen LogP contribution in [0.2, 0.25) is 5.02 Å². The highest BCUT2D eigenvalue weighted by atomic mass is 35.5. The highest BCUT2D eigenvalue weighted by molar-refractivity contribution is 6.30. The van der Waals surface area contributed by atoms with Crippen LogP contribution in [0.1, 0.15) is 11.5 Å². The van der Waals surface area contributed by atoms with Crippen LogP contribution >= 0.6 is 11.6 Å². The minimum atomic E-state index is -0.0494. The fourth-order valence-corrected chi connectivity index (χ4v) is 2.61. The molecule has 1 heterocycles. The largest absolute Gasteiger partial charge is 0.337 e. The Hall–Kier alpha value is -2.92. The van der Waals surface area contributed by atoms with Crippen molar-refractivity contribution in [1.29, 1.82) is 0 Å². The average molecular weight is 368 g/mol. The summed E-state index contributed by atoms with van der Waals surface area (Å²) in [4.78, 5) is 18.6. The van der Waals surface area contributed by atoms with Crippen molar-refractivity contribution in [3.63, 3.8) is 0 Å². The molecule has 0 fully saturated rings. The molecule has 0 unspecified atom stereocenters. The molecule has 0 saturated heterocycles. The number of rotatable bonds is 7. The van der Waals surface area contributed by atoms with Crippen LogP contribution in [0.4, 0.5) is 0 Å². The lowest BCUT2D eigenvalue weighted by molar-refractivity contribution is -0.130. The molecule has 3 rings (SSSR count). The second-order valence-corrected chi connectivity index (χ2v) is 6.18. The molecule has 0 atom stereocenters. The lowest BCUT2D eigenvalue weighted by Gasteiger charge is -2.19. The van der Waals surface area contributed by atoms with Crippen LogP contribution in [0, 0.1) is 0 Å². The third-order valence-corrected chi connectivity index (χ3v) is 4.05. The van der Waals surface area contributed by atoms with E-state index in [0.29, 0.717) is 23.3 Å². The molecule has 0 aliphatic heterocycles. The maximum Gasteiger partial charge on any atom is 0.246 e. The number of carbonyl (C=O) groups excluding carboxylic acids is 1. The second kappa shape index (κ2) is 8.45. The molecule has 0 spiro atoms. The predicted octanol–water partition coefficient (Wildman–Crippen LogP) is 4.15. The van der Waals surface area contributed by atoms with Crippen LogP contribution in [-0.2, 0) is 17.8 Å². The number of benzene rings is 2. The van der Waals surface area contributed by atoms with E-state index in [0.717, 1.165) is 11.1 Å². The lowest BCUT2D eigenvalue weighted by Crippen LogP contribution is -2.32. The first-order chi connectivity index (χ1) is 12.7. The zero-order valence-corrected chi connectivity index (χ0v) is 14.9. The Morgan fingerprint density at radius 1 is 1.15 bits per heavy atom. The summed E-state index contributed by atoms with van der Waals surface area (Å²) in [6, 6.07) is 16.8. The standard InChI is InChI=1S/C20H18ClN3O2/c1-2-12-24(19(25)13-15-8-10-17(21)11-9-15)14-18-22-20(23-26-18)16-6-4-3-5-7-16/h2-11H,1,12-14H2. The Balaban J connectivity index is 1.70. The van der Waals surface area contributed by atoms with Gasteiger partial charge in [0.25, 0.3) is 0 Å². The van der Waals surface area contributed by atoms with Gasteiger partial charge in [0.15, 0.2) is 0 Å². The van der Waals surface area contributed by atoms with Crippen molar-refractivity contribution in [3.05, 3.63) is 83.7 Å². The highest BCUT2D eigenvalue weighted by Gasteiger charge is 2.17. The first kappa shape index (κ1) is 17.9. The van der Waals surface area contributed by atoms with Gasteiger partial charge in [0.2, 0.25) is 17.6 Å². The zero-order valence-electron chi connectivity index (χ0n) is 14.1. The van der Waals surface area contributed by atoms with Crippen molar-refractivity contribution in [2.45, 2.75) is 13.0 Å². The van der Waals surface area contributed by atoms with Gasteiger partial charge in [-0.25, -0.2) is 0 Å². The summed E-state index contributed by atoms with van der Waals surface area (Å²) in [5.41, 5.74) is 1.76. The van der Waals surface area contributed by atoms with Gasteiger partial charge in [0.1, 0.15) is 6.54 Å². The molecule has 0 bridgehead atoms. The summed E-state index contributed by atoms with van der Waals surface area (Å²) in [6.45, 7) is 4.35. The third-order valence-electron chi connectivity index (χ3n) is 3.80. The van der Waals surface area contributed by atoms with Crippen molar-refractivity contribution >= 4 is 17.5 Å². The van der Waals surface area contributed by atoms with E-state index >= 15 is 0 Å². The molecule has 26 heavy (non-hydrogen) atoms. The van der Waals surface area contributed by atoms with Gasteiger partial charge in [-0.05, 0) is 17.7 Å². The van der Waals surface area contributed by atoms with Crippen LogP contribution in [0.5, 0.6) is 0 Å². The number of carbonyl (C=O) groups is 1. The van der Waals surface area contributed by atoms with Crippen LogP contribution in [-0.4, -0.2) is 27.5 Å². The molecule has 2 aromatic carbocycles. The van der Waals surface area contributed by atoms with Crippen LogP contribution < -0.4 is 0 Å². The van der Waals surface area contributed by atoms with Crippen molar-refractivity contribution in [3.8, 4) is 11.4 Å². The number of halogens is 1. The van der Waals surface area contributed by atoms with Crippen molar-refractivity contribution in [2.24, 2.45) is 0 Å². The van der Waals surface area contributed by atoms with Crippen LogP contribution in [0.15, 0.2) is 71.8 Å². The van der Waals surface area contributed by atoms with Crippen molar-refractivity contribution in [1.82, 2.24) is 15.0 Å². The summed E-state index contributed by atoms with van der Waals surface area (Å²) in [5, 5.41) is 4.63. The summed E-state index contributed by atoms with van der Waals surface area (Å²) in [6.07, 6.45) is 1.94. The average Bonchev–Trinajstić information content (AvgIpc) is 3.13. The maximum absolute atomic E-state index is 12.6. The van der Waals surface area contributed by atoms with Crippen LogP contribution in [0.3, 0.4) is 0 Å². The normalized spacial score (nSPS) is 10.5. The fourth-order valence-electron chi connectivity index (χ4n) is 2.49. The van der Waals surface area contributed by atoms with E-state index in [9.17, 15) is 4.79 Å². The fraction of sp³-hybridized carbons (Fsp3) is 0.150. The smallest absolute Gasteiger partial charge is 0.246 e. The molecule has 6 heteroatoms. The monoisotopic (exact) mass is 367 g/mol. The minimum Gasteiger partial charge on any atom is -0.337 e. The van der Waals surface area contributed by atoms with Gasteiger partial charge in [0.05, 0.1) is 6.42 Å². The SMILES string of the molecule is C=CCN(Cc1nc(-c2ccccc2)no1)C(=O)Cc1ccc(Cl)cc1. The zero-order chi connectivity index (χ0) is 18.4. The Morgan fingerprint density at radius 3 is 2.58 bits per heavy atom. The Kier molecular flexibility index (Phi) is 5.81. The molecule has 3 aromatic rings. The van der Waals surface area contributed by atoms with E-state index in [-0.39, 0.29) is 18.9 Å². The van der Waals surface area contributed by atoms with E-state index in [1.54, 1.807) is 23.1 Å². The Bertz CT molecular complexity index is 876. The van der Waals surface area contributed by atoms with Gasteiger partial charge >= 0.3 is 0 Å². The Morgan fingerprint density at radius 2 is 1.88 bits per heavy atom. The van der Waals surface area contributed by atoms with E-state index in [4.69, 9.17) is 16.1 Å². The number of amides is 1. The van der Waals surface area contributed by atoms with E-state index < -0.39 is 0 Å². The summed E-state index contributed by atoms with van der Waals surface area (Å²) in [5.74, 6) is 0.839. The molecule has 0 saturated carbocycles. The molecular weight excluding hydrogens is 350 g/mol.